The van der Waals surface area contributed by atoms with Crippen LogP contribution in [0.15, 0.2) is 0 Å². The van der Waals surface area contributed by atoms with Crippen LogP contribution in [0.5, 0.6) is 0 Å². The third-order valence-corrected chi connectivity index (χ3v) is 4.37. The van der Waals surface area contributed by atoms with Crippen molar-refractivity contribution in [3.8, 4) is 0 Å². The Labute approximate surface area is 128 Å². The van der Waals surface area contributed by atoms with Gasteiger partial charge in [-0.05, 0) is 34.4 Å². The van der Waals surface area contributed by atoms with Crippen LogP contribution in [0.2, 0.25) is 0 Å². The maximum absolute atomic E-state index is 4.79. The van der Waals surface area contributed by atoms with E-state index >= 15 is 0 Å². The minimum Gasteiger partial charge on any atom is -0.370 e. The molecule has 0 amide bonds. The number of rotatable bonds is 5. The maximum atomic E-state index is 4.79. The van der Waals surface area contributed by atoms with Gasteiger partial charge in [0, 0.05) is 49.9 Å². The molecule has 0 bridgehead atoms. The van der Waals surface area contributed by atoms with Gasteiger partial charge < -0.3 is 15.1 Å². The van der Waals surface area contributed by atoms with E-state index in [1.54, 1.807) is 0 Å². The maximum Gasteiger partial charge on any atom is 0.132 e. The van der Waals surface area contributed by atoms with Crippen molar-refractivity contribution in [2.45, 2.75) is 39.7 Å². The fraction of sp³-hybridized carbons (Fsp3) is 0.750. The number of nitrogens with zero attached hydrogens (tertiary/aromatic N) is 4. The normalized spacial score (nSPS) is 20.7. The second-order valence-corrected chi connectivity index (χ2v) is 6.04. The van der Waals surface area contributed by atoms with E-state index in [2.05, 4.69) is 50.0 Å². The Balaban J connectivity index is 2.20. The third kappa shape index (κ3) is 3.92. The van der Waals surface area contributed by atoms with Gasteiger partial charge in [-0.25, -0.2) is 9.97 Å². The van der Waals surface area contributed by atoms with E-state index in [4.69, 9.17) is 9.97 Å². The SMILES string of the molecule is CCNc1nc(CC2CN(C)CCN2C)nc(CC)c1C. The summed E-state index contributed by atoms with van der Waals surface area (Å²) in [7, 11) is 4.40. The summed E-state index contributed by atoms with van der Waals surface area (Å²) in [5.41, 5.74) is 2.36. The smallest absolute Gasteiger partial charge is 0.132 e. The van der Waals surface area contributed by atoms with Gasteiger partial charge in [0.1, 0.15) is 11.6 Å². The standard InChI is InChI=1S/C16H29N5/c1-6-14-12(3)16(17-7-2)19-15(18-14)10-13-11-20(4)8-9-21(13)5/h13H,6-11H2,1-5H3,(H,17,18,19). The number of hydrogen-bond donors (Lipinski definition) is 1. The molecule has 0 spiro atoms. The zero-order valence-electron chi connectivity index (χ0n) is 14.1. The Morgan fingerprint density at radius 1 is 1.19 bits per heavy atom. The molecule has 2 rings (SSSR count). The van der Waals surface area contributed by atoms with E-state index < -0.39 is 0 Å². The van der Waals surface area contributed by atoms with Crippen molar-refractivity contribution >= 4 is 5.82 Å². The third-order valence-electron chi connectivity index (χ3n) is 4.37. The number of aryl methyl sites for hydroxylation is 1. The van der Waals surface area contributed by atoms with E-state index in [0.29, 0.717) is 6.04 Å². The van der Waals surface area contributed by atoms with Crippen molar-refractivity contribution in [1.29, 1.82) is 0 Å². The molecule has 0 radical (unpaired) electrons. The molecule has 1 saturated heterocycles. The van der Waals surface area contributed by atoms with Gasteiger partial charge in [0.15, 0.2) is 0 Å². The first-order chi connectivity index (χ1) is 10.0. The fourth-order valence-corrected chi connectivity index (χ4v) is 2.92. The highest BCUT2D eigenvalue weighted by molar-refractivity contribution is 5.45. The van der Waals surface area contributed by atoms with Crippen LogP contribution in [0.3, 0.4) is 0 Å². The predicted octanol–water partition coefficient (Wildman–Crippen LogP) is 1.57. The van der Waals surface area contributed by atoms with Crippen LogP contribution in [-0.2, 0) is 12.8 Å². The summed E-state index contributed by atoms with van der Waals surface area (Å²) in [4.78, 5) is 14.4. The van der Waals surface area contributed by atoms with Gasteiger partial charge >= 0.3 is 0 Å². The van der Waals surface area contributed by atoms with Crippen molar-refractivity contribution < 1.29 is 0 Å². The number of hydrogen-bond acceptors (Lipinski definition) is 5. The molecule has 1 aliphatic heterocycles. The summed E-state index contributed by atoms with van der Waals surface area (Å²) < 4.78 is 0. The monoisotopic (exact) mass is 291 g/mol. The molecule has 118 valence electrons. The Morgan fingerprint density at radius 3 is 2.62 bits per heavy atom. The molecule has 1 unspecified atom stereocenters. The van der Waals surface area contributed by atoms with Gasteiger partial charge in [-0.2, -0.15) is 0 Å². The van der Waals surface area contributed by atoms with Crippen molar-refractivity contribution in [2.24, 2.45) is 0 Å². The molecular formula is C16H29N5. The number of piperazine rings is 1. The lowest BCUT2D eigenvalue weighted by Crippen LogP contribution is -2.51. The fourth-order valence-electron chi connectivity index (χ4n) is 2.92. The molecule has 1 aromatic rings. The van der Waals surface area contributed by atoms with Gasteiger partial charge in [-0.1, -0.05) is 6.92 Å². The van der Waals surface area contributed by atoms with Crippen molar-refractivity contribution in [3.63, 3.8) is 0 Å². The quantitative estimate of drug-likeness (QED) is 0.892. The number of nitrogens with one attached hydrogen (secondary N) is 1. The van der Waals surface area contributed by atoms with Crippen LogP contribution in [0.25, 0.3) is 0 Å². The lowest BCUT2D eigenvalue weighted by Gasteiger charge is -2.37. The summed E-state index contributed by atoms with van der Waals surface area (Å²) >= 11 is 0. The molecule has 21 heavy (non-hydrogen) atoms. The lowest BCUT2D eigenvalue weighted by molar-refractivity contribution is 0.113. The van der Waals surface area contributed by atoms with Crippen LogP contribution in [0.1, 0.15) is 30.9 Å². The van der Waals surface area contributed by atoms with Crippen LogP contribution >= 0.6 is 0 Å². The predicted molar refractivity (Wildman–Crippen MR) is 87.9 cm³/mol. The lowest BCUT2D eigenvalue weighted by atomic mass is 10.1. The highest BCUT2D eigenvalue weighted by Crippen LogP contribution is 2.18. The molecule has 5 heteroatoms. The second-order valence-electron chi connectivity index (χ2n) is 6.04. The highest BCUT2D eigenvalue weighted by Gasteiger charge is 2.24. The van der Waals surface area contributed by atoms with Gasteiger partial charge in [0.2, 0.25) is 0 Å². The van der Waals surface area contributed by atoms with Gasteiger partial charge in [0.25, 0.3) is 0 Å². The summed E-state index contributed by atoms with van der Waals surface area (Å²) in [6, 6.07) is 0.505. The number of aromatic nitrogens is 2. The molecule has 0 aromatic carbocycles. The largest absolute Gasteiger partial charge is 0.370 e. The molecule has 1 aliphatic rings. The van der Waals surface area contributed by atoms with Crippen LogP contribution in [0, 0.1) is 6.92 Å². The molecule has 0 aliphatic carbocycles. The molecule has 1 fully saturated rings. The zero-order valence-corrected chi connectivity index (χ0v) is 14.1. The molecule has 1 aromatic heterocycles. The summed E-state index contributed by atoms with van der Waals surface area (Å²) in [5.74, 6) is 1.98. The molecule has 1 atom stereocenters. The van der Waals surface area contributed by atoms with Crippen molar-refractivity contribution in [1.82, 2.24) is 19.8 Å². The summed E-state index contributed by atoms with van der Waals surface area (Å²) in [6.45, 7) is 10.6. The zero-order chi connectivity index (χ0) is 15.4. The topological polar surface area (TPSA) is 44.3 Å². The first kappa shape index (κ1) is 16.2. The van der Waals surface area contributed by atoms with Gasteiger partial charge in [-0.3, -0.25) is 0 Å². The van der Waals surface area contributed by atoms with Crippen LogP contribution in [-0.4, -0.2) is 66.1 Å². The Hall–Kier alpha value is -1.20. The van der Waals surface area contributed by atoms with Crippen LogP contribution < -0.4 is 5.32 Å². The van der Waals surface area contributed by atoms with E-state index in [1.165, 1.54) is 11.3 Å². The number of likely N-dealkylation sites (N-methyl/N-ethyl adjacent to an activating group) is 2. The first-order valence-electron chi connectivity index (χ1n) is 8.04. The summed E-state index contributed by atoms with van der Waals surface area (Å²) in [5, 5.41) is 3.37. The van der Waals surface area contributed by atoms with E-state index in [0.717, 1.165) is 50.7 Å². The summed E-state index contributed by atoms with van der Waals surface area (Å²) in [6.07, 6.45) is 1.88. The van der Waals surface area contributed by atoms with Crippen molar-refractivity contribution in [3.05, 3.63) is 17.1 Å². The average molecular weight is 291 g/mol. The molecule has 1 N–H and O–H groups in total. The molecular weight excluding hydrogens is 262 g/mol. The molecule has 0 saturated carbocycles. The van der Waals surface area contributed by atoms with Crippen LogP contribution in [0.4, 0.5) is 5.82 Å². The first-order valence-corrected chi connectivity index (χ1v) is 8.04. The molecule has 2 heterocycles. The Bertz CT molecular complexity index is 474. The van der Waals surface area contributed by atoms with Crippen molar-refractivity contribution in [2.75, 3.05) is 45.6 Å². The number of anilines is 1. The van der Waals surface area contributed by atoms with E-state index in [1.807, 2.05) is 0 Å². The Morgan fingerprint density at radius 2 is 1.95 bits per heavy atom. The van der Waals surface area contributed by atoms with E-state index in [-0.39, 0.29) is 0 Å². The highest BCUT2D eigenvalue weighted by atomic mass is 15.3. The van der Waals surface area contributed by atoms with Gasteiger partial charge in [0.05, 0.1) is 0 Å². The van der Waals surface area contributed by atoms with Gasteiger partial charge in [-0.15, -0.1) is 0 Å². The minimum atomic E-state index is 0.505. The minimum absolute atomic E-state index is 0.505. The molecule has 5 nitrogen and oxygen atoms in total. The average Bonchev–Trinajstić information content (AvgIpc) is 2.46. The van der Waals surface area contributed by atoms with E-state index in [9.17, 15) is 0 Å². The second kappa shape index (κ2) is 7.18. The Kier molecular flexibility index (Phi) is 5.53.